The van der Waals surface area contributed by atoms with Crippen LogP contribution in [0.2, 0.25) is 0 Å². The number of carbonyl (C=O) groups is 1. The van der Waals surface area contributed by atoms with Gasteiger partial charge in [-0.25, -0.2) is 9.79 Å². The first-order valence-corrected chi connectivity index (χ1v) is 7.57. The van der Waals surface area contributed by atoms with E-state index in [0.717, 1.165) is 5.56 Å². The Labute approximate surface area is 138 Å². The molecule has 0 saturated carbocycles. The van der Waals surface area contributed by atoms with Gasteiger partial charge >= 0.3 is 6.03 Å². The highest BCUT2D eigenvalue weighted by Crippen LogP contribution is 2.34. The molecule has 1 atom stereocenters. The maximum atomic E-state index is 12.1. The summed E-state index contributed by atoms with van der Waals surface area (Å²) in [6.07, 6.45) is 0. The van der Waals surface area contributed by atoms with Gasteiger partial charge in [-0.15, -0.1) is 23.2 Å². The molecule has 2 aromatic carbocycles. The van der Waals surface area contributed by atoms with E-state index in [-0.39, 0.29) is 0 Å². The minimum absolute atomic E-state index is 0.399. The summed E-state index contributed by atoms with van der Waals surface area (Å²) in [5.74, 6) is 0.430. The van der Waals surface area contributed by atoms with E-state index in [4.69, 9.17) is 23.2 Å². The number of amidine groups is 1. The predicted octanol–water partition coefficient (Wildman–Crippen LogP) is 3.40. The van der Waals surface area contributed by atoms with Crippen molar-refractivity contribution >= 4 is 35.1 Å². The molecule has 3 rings (SSSR count). The summed E-state index contributed by atoms with van der Waals surface area (Å²) in [7, 11) is 0. The van der Waals surface area contributed by atoms with Crippen LogP contribution in [0.1, 0.15) is 11.1 Å². The molecule has 6 heteroatoms. The quantitative estimate of drug-likeness (QED) is 0.831. The van der Waals surface area contributed by atoms with Crippen molar-refractivity contribution in [2.45, 2.75) is 10.5 Å². The van der Waals surface area contributed by atoms with E-state index < -0.39 is 16.5 Å². The van der Waals surface area contributed by atoms with Crippen molar-refractivity contribution in [2.24, 2.45) is 4.99 Å². The van der Waals surface area contributed by atoms with Crippen molar-refractivity contribution < 1.29 is 4.79 Å². The predicted molar refractivity (Wildman–Crippen MR) is 88.3 cm³/mol. The Morgan fingerprint density at radius 2 is 1.55 bits per heavy atom. The largest absolute Gasteiger partial charge is 0.322 e. The van der Waals surface area contributed by atoms with Gasteiger partial charge in [0.2, 0.25) is 0 Å². The van der Waals surface area contributed by atoms with Gasteiger partial charge in [-0.05, 0) is 0 Å². The van der Waals surface area contributed by atoms with Gasteiger partial charge in [0.15, 0.2) is 10.5 Å². The summed E-state index contributed by atoms with van der Waals surface area (Å²) < 4.78 is 0. The number of aliphatic imine (C=N–C) groups is 1. The van der Waals surface area contributed by atoms with Crippen molar-refractivity contribution in [1.29, 1.82) is 0 Å². The molecule has 2 amide bonds. The number of hydrogen-bond donors (Lipinski definition) is 2. The Morgan fingerprint density at radius 3 is 2.14 bits per heavy atom. The fourth-order valence-corrected chi connectivity index (χ4v) is 2.79. The first-order valence-electron chi connectivity index (χ1n) is 6.70. The van der Waals surface area contributed by atoms with Crippen LogP contribution in [0.5, 0.6) is 0 Å². The van der Waals surface area contributed by atoms with Crippen molar-refractivity contribution in [3.63, 3.8) is 0 Å². The molecule has 0 saturated heterocycles. The van der Waals surface area contributed by atoms with Crippen LogP contribution in [0.3, 0.4) is 0 Å². The Balaban J connectivity index is 2.15. The first-order chi connectivity index (χ1) is 10.6. The van der Waals surface area contributed by atoms with E-state index in [2.05, 4.69) is 15.6 Å². The minimum Gasteiger partial charge on any atom is -0.307 e. The third kappa shape index (κ3) is 2.67. The maximum absolute atomic E-state index is 12.1. The van der Waals surface area contributed by atoms with E-state index >= 15 is 0 Å². The van der Waals surface area contributed by atoms with E-state index in [9.17, 15) is 4.79 Å². The number of nitrogens with zero attached hydrogens (tertiary/aromatic N) is 1. The number of alkyl halides is 2. The van der Waals surface area contributed by atoms with Crippen LogP contribution in [0.4, 0.5) is 4.79 Å². The number of nitrogens with one attached hydrogen (secondary N) is 2. The highest BCUT2D eigenvalue weighted by molar-refractivity contribution is 6.45. The fraction of sp³-hybridized carbons (Fsp3) is 0.125. The topological polar surface area (TPSA) is 53.5 Å². The van der Waals surface area contributed by atoms with E-state index in [1.54, 1.807) is 0 Å². The molecule has 1 heterocycles. The molecule has 22 heavy (non-hydrogen) atoms. The summed E-state index contributed by atoms with van der Waals surface area (Å²) in [5.41, 5.74) is 0.276. The number of rotatable bonds is 3. The zero-order valence-electron chi connectivity index (χ0n) is 11.5. The molecular weight excluding hydrogens is 321 g/mol. The lowest BCUT2D eigenvalue weighted by atomic mass is 10.0. The second kappa shape index (κ2) is 5.99. The zero-order valence-corrected chi connectivity index (χ0v) is 13.0. The number of halogens is 2. The lowest BCUT2D eigenvalue weighted by Gasteiger charge is -2.36. The number of benzene rings is 2. The minimum atomic E-state index is -1.22. The van der Waals surface area contributed by atoms with Crippen molar-refractivity contribution in [1.82, 2.24) is 10.6 Å². The first kappa shape index (κ1) is 14.9. The molecule has 0 aromatic heterocycles. The molecule has 0 radical (unpaired) electrons. The summed E-state index contributed by atoms with van der Waals surface area (Å²) in [6.45, 7) is 0. The Hall–Kier alpha value is -2.04. The molecule has 2 N–H and O–H groups in total. The van der Waals surface area contributed by atoms with Gasteiger partial charge in [-0.2, -0.15) is 0 Å². The Bertz CT molecular complexity index is 704. The molecule has 2 aromatic rings. The number of hydrogen-bond acceptors (Lipinski definition) is 2. The van der Waals surface area contributed by atoms with Crippen molar-refractivity contribution in [3.05, 3.63) is 71.8 Å². The normalized spacial score (nSPS) is 21.0. The van der Waals surface area contributed by atoms with Crippen molar-refractivity contribution in [3.8, 4) is 0 Å². The third-order valence-electron chi connectivity index (χ3n) is 3.40. The van der Waals surface area contributed by atoms with Crippen LogP contribution in [0.25, 0.3) is 0 Å². The van der Waals surface area contributed by atoms with Crippen LogP contribution in [-0.2, 0) is 5.66 Å². The monoisotopic (exact) mass is 333 g/mol. The average Bonchev–Trinajstić information content (AvgIpc) is 2.55. The lowest BCUT2D eigenvalue weighted by molar-refractivity contribution is 0.228. The van der Waals surface area contributed by atoms with Crippen LogP contribution >= 0.6 is 23.2 Å². The zero-order chi connectivity index (χ0) is 15.6. The molecule has 0 fully saturated rings. The van der Waals surface area contributed by atoms with Gasteiger partial charge in [0, 0.05) is 11.1 Å². The standard InChI is InChI=1S/C16H13Cl2N3O/c17-14(18)16(12-9-5-2-6-10-12)20-13(19-15(22)21-16)11-7-3-1-4-8-11/h1-10,14H,(H2,19,20,21,22). The molecule has 0 aliphatic carbocycles. The molecular formula is C16H13Cl2N3O. The van der Waals surface area contributed by atoms with Crippen molar-refractivity contribution in [2.75, 3.05) is 0 Å². The maximum Gasteiger partial charge on any atom is 0.322 e. The molecule has 4 nitrogen and oxygen atoms in total. The summed E-state index contributed by atoms with van der Waals surface area (Å²) >= 11 is 12.4. The van der Waals surface area contributed by atoms with Gasteiger partial charge in [0.1, 0.15) is 5.84 Å². The molecule has 1 unspecified atom stereocenters. The SMILES string of the molecule is O=C1NC(c2ccccc2)=NC(c2ccccc2)(C(Cl)Cl)N1. The number of amides is 2. The average molecular weight is 334 g/mol. The second-order valence-electron chi connectivity index (χ2n) is 4.84. The second-order valence-corrected chi connectivity index (χ2v) is 5.93. The van der Waals surface area contributed by atoms with Gasteiger partial charge in [0.05, 0.1) is 0 Å². The molecule has 112 valence electrons. The van der Waals surface area contributed by atoms with Crippen LogP contribution < -0.4 is 10.6 Å². The molecule has 0 spiro atoms. The smallest absolute Gasteiger partial charge is 0.307 e. The number of urea groups is 1. The highest BCUT2D eigenvalue weighted by atomic mass is 35.5. The summed E-state index contributed by atoms with van der Waals surface area (Å²) in [5, 5.41) is 5.44. The lowest BCUT2D eigenvalue weighted by Crippen LogP contribution is -2.58. The Kier molecular flexibility index (Phi) is 4.05. The van der Waals surface area contributed by atoms with Gasteiger partial charge in [-0.1, -0.05) is 60.7 Å². The third-order valence-corrected chi connectivity index (χ3v) is 4.03. The fourth-order valence-electron chi connectivity index (χ4n) is 2.34. The summed E-state index contributed by atoms with van der Waals surface area (Å²) in [6, 6.07) is 18.2. The van der Waals surface area contributed by atoms with E-state index in [1.165, 1.54) is 0 Å². The van der Waals surface area contributed by atoms with Gasteiger partial charge in [0.25, 0.3) is 0 Å². The highest BCUT2D eigenvalue weighted by Gasteiger charge is 2.43. The van der Waals surface area contributed by atoms with Crippen LogP contribution in [0.15, 0.2) is 65.7 Å². The number of carbonyl (C=O) groups excluding carboxylic acids is 1. The van der Waals surface area contributed by atoms with Gasteiger partial charge < -0.3 is 5.32 Å². The van der Waals surface area contributed by atoms with Gasteiger partial charge in [-0.3, -0.25) is 5.32 Å². The van der Waals surface area contributed by atoms with Crippen LogP contribution in [0, 0.1) is 0 Å². The molecule has 0 bridgehead atoms. The summed E-state index contributed by atoms with van der Waals surface area (Å²) in [4.78, 5) is 15.8. The van der Waals surface area contributed by atoms with E-state index in [0.29, 0.717) is 11.4 Å². The van der Waals surface area contributed by atoms with E-state index in [1.807, 2.05) is 60.7 Å². The molecule has 1 aliphatic heterocycles. The Morgan fingerprint density at radius 1 is 0.955 bits per heavy atom. The molecule has 1 aliphatic rings. The van der Waals surface area contributed by atoms with Crippen LogP contribution in [-0.4, -0.2) is 16.7 Å².